The first kappa shape index (κ1) is 17.1. The summed E-state index contributed by atoms with van der Waals surface area (Å²) in [5, 5.41) is 9.01. The van der Waals surface area contributed by atoms with Crippen LogP contribution in [0.4, 0.5) is 10.5 Å². The second-order valence-corrected chi connectivity index (χ2v) is 7.26. The normalized spacial score (nSPS) is 24.9. The molecular formula is C15H10N4O4S2. The third kappa shape index (κ3) is 2.99. The van der Waals surface area contributed by atoms with Crippen molar-refractivity contribution in [1.82, 2.24) is 5.32 Å². The number of carbonyl (C=O) groups is 4. The van der Waals surface area contributed by atoms with E-state index >= 15 is 0 Å². The number of primary amides is 1. The molecule has 2 aliphatic heterocycles. The van der Waals surface area contributed by atoms with Gasteiger partial charge < -0.3 is 5.73 Å². The first-order valence-electron chi connectivity index (χ1n) is 6.95. The van der Waals surface area contributed by atoms with Crippen molar-refractivity contribution < 1.29 is 19.2 Å². The molecular weight excluding hydrogens is 364 g/mol. The Bertz CT molecular complexity index is 862. The molecule has 1 aromatic rings. The maximum atomic E-state index is 12.9. The van der Waals surface area contributed by atoms with Crippen molar-refractivity contribution in [1.29, 1.82) is 5.26 Å². The number of imide groups is 1. The van der Waals surface area contributed by atoms with Crippen LogP contribution in [0.3, 0.4) is 0 Å². The van der Waals surface area contributed by atoms with Gasteiger partial charge in [0.2, 0.25) is 11.8 Å². The predicted molar refractivity (Wildman–Crippen MR) is 92.1 cm³/mol. The van der Waals surface area contributed by atoms with E-state index < -0.39 is 33.5 Å². The van der Waals surface area contributed by atoms with Crippen LogP contribution < -0.4 is 16.0 Å². The lowest BCUT2D eigenvalue weighted by atomic mass is 10.2. The van der Waals surface area contributed by atoms with Crippen molar-refractivity contribution in [3.63, 3.8) is 0 Å². The van der Waals surface area contributed by atoms with Crippen molar-refractivity contribution >= 4 is 52.2 Å². The molecule has 2 saturated heterocycles. The second kappa shape index (κ2) is 6.62. The fraction of sp³-hybridized carbons (Fsp3) is 0.133. The molecule has 10 heteroatoms. The number of nitriles is 1. The third-order valence-corrected chi connectivity index (χ3v) is 6.05. The van der Waals surface area contributed by atoms with E-state index in [-0.39, 0.29) is 10.6 Å². The second-order valence-electron chi connectivity index (χ2n) is 5.02. The van der Waals surface area contributed by atoms with Crippen molar-refractivity contribution in [2.24, 2.45) is 5.73 Å². The molecule has 8 nitrogen and oxygen atoms in total. The van der Waals surface area contributed by atoms with Crippen molar-refractivity contribution in [3.8, 4) is 6.07 Å². The quantitative estimate of drug-likeness (QED) is 0.588. The van der Waals surface area contributed by atoms with E-state index in [1.165, 1.54) is 4.90 Å². The molecule has 2 atom stereocenters. The van der Waals surface area contributed by atoms with E-state index in [0.29, 0.717) is 17.4 Å². The molecule has 0 radical (unpaired) electrons. The molecule has 2 aliphatic rings. The molecule has 4 amide bonds. The Morgan fingerprint density at radius 1 is 1.16 bits per heavy atom. The van der Waals surface area contributed by atoms with Crippen LogP contribution in [0, 0.1) is 11.3 Å². The molecule has 0 spiro atoms. The zero-order valence-corrected chi connectivity index (χ0v) is 14.1. The van der Waals surface area contributed by atoms with Crippen LogP contribution in [0.1, 0.15) is 0 Å². The average molecular weight is 374 g/mol. The summed E-state index contributed by atoms with van der Waals surface area (Å²) in [5.41, 5.74) is 5.31. The summed E-state index contributed by atoms with van der Waals surface area (Å²) in [6.07, 6.45) is 0. The molecule has 0 unspecified atom stereocenters. The number of amides is 4. The lowest BCUT2D eigenvalue weighted by molar-refractivity contribution is -0.122. The maximum Gasteiger partial charge on any atom is 0.286 e. The van der Waals surface area contributed by atoms with Gasteiger partial charge in [-0.25, -0.2) is 0 Å². The van der Waals surface area contributed by atoms with E-state index in [1.807, 2.05) is 0 Å². The topological polar surface area (TPSA) is 133 Å². The van der Waals surface area contributed by atoms with Gasteiger partial charge in [0, 0.05) is 5.69 Å². The standard InChI is InChI=1S/C15H10N4O4S2/c16-6-8(11(17)20)14-19(7-4-2-1-3-5-7)13(22)10(24-14)9-12(21)18-15(23)25-9/h1-5,9-10H,(H2,17,20)(H,18,21,23)/b14-8-/t9-,10+/m0/s1. The Hall–Kier alpha value is -2.77. The summed E-state index contributed by atoms with van der Waals surface area (Å²) in [6.45, 7) is 0. The SMILES string of the molecule is N#C/C(C(N)=O)=C1/S[C@H]([C@@H]2SC(=O)NC2=O)C(=O)N1c1ccccc1. The maximum absolute atomic E-state index is 12.9. The summed E-state index contributed by atoms with van der Waals surface area (Å²) in [7, 11) is 0. The summed E-state index contributed by atoms with van der Waals surface area (Å²) >= 11 is 1.60. The number of nitrogens with one attached hydrogen (secondary N) is 1. The highest BCUT2D eigenvalue weighted by Crippen LogP contribution is 2.45. The van der Waals surface area contributed by atoms with Gasteiger partial charge in [-0.3, -0.25) is 29.4 Å². The summed E-state index contributed by atoms with van der Waals surface area (Å²) in [5.74, 6) is -2.05. The van der Waals surface area contributed by atoms with Gasteiger partial charge in [0.15, 0.2) is 0 Å². The molecule has 3 N–H and O–H groups in total. The number of carbonyl (C=O) groups excluding carboxylic acids is 4. The van der Waals surface area contributed by atoms with Gasteiger partial charge >= 0.3 is 0 Å². The Morgan fingerprint density at radius 2 is 1.84 bits per heavy atom. The van der Waals surface area contributed by atoms with E-state index in [0.717, 1.165) is 11.8 Å². The zero-order valence-electron chi connectivity index (χ0n) is 12.5. The number of hydrogen-bond donors (Lipinski definition) is 2. The largest absolute Gasteiger partial charge is 0.365 e. The third-order valence-electron chi connectivity index (χ3n) is 3.48. The van der Waals surface area contributed by atoms with Gasteiger partial charge in [-0.2, -0.15) is 5.26 Å². The number of para-hydroxylation sites is 1. The summed E-state index contributed by atoms with van der Waals surface area (Å²) in [6, 6.07) is 10.1. The minimum atomic E-state index is -0.973. The minimum Gasteiger partial charge on any atom is -0.365 e. The number of rotatable bonds is 3. The molecule has 2 heterocycles. The van der Waals surface area contributed by atoms with Crippen molar-refractivity contribution in [2.75, 3.05) is 4.90 Å². The van der Waals surface area contributed by atoms with E-state index in [9.17, 15) is 24.4 Å². The van der Waals surface area contributed by atoms with Crippen molar-refractivity contribution in [2.45, 2.75) is 10.5 Å². The van der Waals surface area contributed by atoms with Crippen LogP contribution in [-0.2, 0) is 14.4 Å². The van der Waals surface area contributed by atoms with Crippen LogP contribution in [0.2, 0.25) is 0 Å². The first-order valence-corrected chi connectivity index (χ1v) is 8.71. The molecule has 2 fully saturated rings. The highest BCUT2D eigenvalue weighted by atomic mass is 32.2. The van der Waals surface area contributed by atoms with E-state index in [1.54, 1.807) is 36.4 Å². The smallest absolute Gasteiger partial charge is 0.286 e. The Kier molecular flexibility index (Phi) is 4.52. The molecule has 3 rings (SSSR count). The van der Waals surface area contributed by atoms with Gasteiger partial charge in [0.25, 0.3) is 11.1 Å². The minimum absolute atomic E-state index is 0.0592. The number of nitrogens with zero attached hydrogens (tertiary/aromatic N) is 2. The van der Waals surface area contributed by atoms with E-state index in [2.05, 4.69) is 5.32 Å². The fourth-order valence-electron chi connectivity index (χ4n) is 2.41. The number of anilines is 1. The number of benzene rings is 1. The molecule has 25 heavy (non-hydrogen) atoms. The average Bonchev–Trinajstić information content (AvgIpc) is 3.08. The molecule has 0 bridgehead atoms. The predicted octanol–water partition coefficient (Wildman–Crippen LogP) is 0.707. The number of thioether (sulfide) groups is 2. The number of hydrogen-bond acceptors (Lipinski definition) is 7. The fourth-order valence-corrected chi connectivity index (χ4v) is 4.80. The van der Waals surface area contributed by atoms with Gasteiger partial charge in [-0.1, -0.05) is 30.0 Å². The molecule has 1 aromatic carbocycles. The van der Waals surface area contributed by atoms with Crippen LogP contribution >= 0.6 is 23.5 Å². The van der Waals surface area contributed by atoms with Gasteiger partial charge in [0.1, 0.15) is 27.2 Å². The van der Waals surface area contributed by atoms with Crippen molar-refractivity contribution in [3.05, 3.63) is 40.9 Å². The summed E-state index contributed by atoms with van der Waals surface area (Å²) in [4.78, 5) is 49.0. The first-order chi connectivity index (χ1) is 11.9. The molecule has 0 aromatic heterocycles. The zero-order chi connectivity index (χ0) is 18.1. The Balaban J connectivity index is 2.09. The number of nitrogens with two attached hydrogens (primary N) is 1. The monoisotopic (exact) mass is 374 g/mol. The van der Waals surface area contributed by atoms with Crippen LogP contribution in [0.5, 0.6) is 0 Å². The van der Waals surface area contributed by atoms with Crippen LogP contribution in [-0.4, -0.2) is 33.5 Å². The van der Waals surface area contributed by atoms with Gasteiger partial charge in [-0.05, 0) is 23.9 Å². The molecule has 0 saturated carbocycles. The molecule has 126 valence electrons. The summed E-state index contributed by atoms with van der Waals surface area (Å²) < 4.78 is 0. The van der Waals surface area contributed by atoms with Gasteiger partial charge in [-0.15, -0.1) is 0 Å². The van der Waals surface area contributed by atoms with Crippen LogP contribution in [0.15, 0.2) is 40.9 Å². The molecule has 0 aliphatic carbocycles. The van der Waals surface area contributed by atoms with Crippen LogP contribution in [0.25, 0.3) is 0 Å². The van der Waals surface area contributed by atoms with Gasteiger partial charge in [0.05, 0.1) is 0 Å². The lowest BCUT2D eigenvalue weighted by Crippen LogP contribution is -2.38. The van der Waals surface area contributed by atoms with E-state index in [4.69, 9.17) is 5.73 Å². The Morgan fingerprint density at radius 3 is 2.36 bits per heavy atom. The Labute approximate surface area is 150 Å². The highest BCUT2D eigenvalue weighted by Gasteiger charge is 2.50. The lowest BCUT2D eigenvalue weighted by Gasteiger charge is -2.18. The highest BCUT2D eigenvalue weighted by molar-refractivity contribution is 8.16.